The molecule has 4 nitrogen and oxygen atoms in total. The van der Waals surface area contributed by atoms with Crippen molar-refractivity contribution in [3.05, 3.63) is 40.8 Å². The van der Waals surface area contributed by atoms with Crippen molar-refractivity contribution in [3.63, 3.8) is 0 Å². The maximum atomic E-state index is 11.5. The minimum absolute atomic E-state index is 0.386. The average Bonchev–Trinajstić information content (AvgIpc) is 2.91. The Morgan fingerprint density at radius 3 is 2.57 bits per heavy atom. The Balaban J connectivity index is 2.21. The summed E-state index contributed by atoms with van der Waals surface area (Å²) in [6.07, 6.45) is 2.86. The third-order valence-electron chi connectivity index (χ3n) is 3.77. The van der Waals surface area contributed by atoms with Crippen LogP contribution in [0.5, 0.6) is 0 Å². The highest BCUT2D eigenvalue weighted by atomic mass is 32.2. The molecule has 2 heterocycles. The predicted molar refractivity (Wildman–Crippen MR) is 99.1 cm³/mol. The Labute approximate surface area is 142 Å². The molecule has 0 bridgehead atoms. The first-order chi connectivity index (χ1) is 11.0. The number of primary amides is 1. The molecule has 0 aliphatic carbocycles. The van der Waals surface area contributed by atoms with Gasteiger partial charge < -0.3 is 11.5 Å². The molecule has 0 atom stereocenters. The predicted octanol–water partition coefficient (Wildman–Crippen LogP) is 3.93. The monoisotopic (exact) mass is 343 g/mol. The number of carbonyl (C=O) groups is 1. The Morgan fingerprint density at radius 1 is 1.30 bits per heavy atom. The lowest BCUT2D eigenvalue weighted by Crippen LogP contribution is -2.10. The highest BCUT2D eigenvalue weighted by Crippen LogP contribution is 2.37. The summed E-state index contributed by atoms with van der Waals surface area (Å²) in [4.78, 5) is 18.6. The zero-order valence-electron chi connectivity index (χ0n) is 12.9. The number of anilines is 1. The number of nitrogens with zero attached hydrogens (tertiary/aromatic N) is 1. The highest BCUT2D eigenvalue weighted by Gasteiger charge is 2.18. The van der Waals surface area contributed by atoms with E-state index in [0.29, 0.717) is 10.6 Å². The number of amides is 1. The van der Waals surface area contributed by atoms with Gasteiger partial charge in [-0.3, -0.25) is 4.79 Å². The van der Waals surface area contributed by atoms with Gasteiger partial charge >= 0.3 is 0 Å². The van der Waals surface area contributed by atoms with Crippen LogP contribution < -0.4 is 11.5 Å². The largest absolute Gasteiger partial charge is 0.397 e. The Kier molecular flexibility index (Phi) is 4.28. The Hall–Kier alpha value is -2.05. The molecule has 118 valence electrons. The summed E-state index contributed by atoms with van der Waals surface area (Å²) < 4.78 is 0. The number of hydrogen-bond donors (Lipinski definition) is 2. The van der Waals surface area contributed by atoms with Crippen LogP contribution in [0.25, 0.3) is 21.5 Å². The molecule has 3 aromatic rings. The first kappa shape index (κ1) is 15.8. The number of aryl methyl sites for hydroxylation is 1. The van der Waals surface area contributed by atoms with Gasteiger partial charge in [0, 0.05) is 15.8 Å². The van der Waals surface area contributed by atoms with E-state index < -0.39 is 5.91 Å². The van der Waals surface area contributed by atoms with E-state index in [2.05, 4.69) is 31.2 Å². The standard InChI is InChI=1S/C17H17N3OS2/c1-3-9-8-12(10-4-6-11(22-2)7-5-10)20-17-13(9)14(18)15(23-17)16(19)21/h4-8H,3,18H2,1-2H3,(H2,19,21). The number of rotatable bonds is 4. The van der Waals surface area contributed by atoms with E-state index in [-0.39, 0.29) is 0 Å². The van der Waals surface area contributed by atoms with Crippen molar-refractivity contribution in [1.29, 1.82) is 0 Å². The first-order valence-corrected chi connectivity index (χ1v) is 9.25. The third-order valence-corrected chi connectivity index (χ3v) is 5.63. The van der Waals surface area contributed by atoms with Gasteiger partial charge in [0.05, 0.1) is 11.4 Å². The van der Waals surface area contributed by atoms with Crippen LogP contribution >= 0.6 is 23.1 Å². The van der Waals surface area contributed by atoms with Crippen LogP contribution in [0.15, 0.2) is 35.2 Å². The molecule has 0 saturated carbocycles. The quantitative estimate of drug-likeness (QED) is 0.703. The molecular formula is C17H17N3OS2. The normalized spacial score (nSPS) is 11.0. The third kappa shape index (κ3) is 2.80. The van der Waals surface area contributed by atoms with E-state index in [1.807, 2.05) is 12.3 Å². The lowest BCUT2D eigenvalue weighted by atomic mass is 10.0. The summed E-state index contributed by atoms with van der Waals surface area (Å²) in [5.41, 5.74) is 15.0. The number of thiophene rings is 1. The molecule has 0 saturated heterocycles. The molecule has 0 spiro atoms. The Morgan fingerprint density at radius 2 is 2.00 bits per heavy atom. The number of carbonyl (C=O) groups excluding carboxylic acids is 1. The van der Waals surface area contributed by atoms with Crippen molar-refractivity contribution in [2.75, 3.05) is 12.0 Å². The molecule has 0 aliphatic heterocycles. The fourth-order valence-corrected chi connectivity index (χ4v) is 3.97. The Bertz CT molecular complexity index is 885. The van der Waals surface area contributed by atoms with Crippen LogP contribution in [-0.4, -0.2) is 17.1 Å². The lowest BCUT2D eigenvalue weighted by molar-refractivity contribution is 0.100. The lowest BCUT2D eigenvalue weighted by Gasteiger charge is -2.07. The van der Waals surface area contributed by atoms with Crippen LogP contribution in [-0.2, 0) is 6.42 Å². The minimum atomic E-state index is -0.501. The van der Waals surface area contributed by atoms with Gasteiger partial charge in [0.1, 0.15) is 9.71 Å². The molecule has 1 aromatic carbocycles. The average molecular weight is 343 g/mol. The van der Waals surface area contributed by atoms with Crippen molar-refractivity contribution >= 4 is 44.9 Å². The van der Waals surface area contributed by atoms with Crippen molar-refractivity contribution in [2.24, 2.45) is 5.73 Å². The van der Waals surface area contributed by atoms with Crippen LogP contribution in [0.2, 0.25) is 0 Å². The van der Waals surface area contributed by atoms with Crippen molar-refractivity contribution in [1.82, 2.24) is 4.98 Å². The topological polar surface area (TPSA) is 82.0 Å². The van der Waals surface area contributed by atoms with Gasteiger partial charge in [0.2, 0.25) is 0 Å². The van der Waals surface area contributed by atoms with E-state index in [4.69, 9.17) is 16.5 Å². The first-order valence-electron chi connectivity index (χ1n) is 7.21. The second-order valence-corrected chi connectivity index (χ2v) is 7.02. The molecule has 2 aromatic heterocycles. The van der Waals surface area contributed by atoms with Crippen LogP contribution in [0.4, 0.5) is 5.69 Å². The number of aromatic nitrogens is 1. The summed E-state index contributed by atoms with van der Waals surface area (Å²) in [5, 5.41) is 0.857. The number of pyridine rings is 1. The maximum Gasteiger partial charge on any atom is 0.260 e. The fraction of sp³-hybridized carbons (Fsp3) is 0.176. The molecule has 0 unspecified atom stereocenters. The molecule has 4 N–H and O–H groups in total. The molecule has 0 aliphatic rings. The van der Waals surface area contributed by atoms with Gasteiger partial charge in [0.15, 0.2) is 0 Å². The van der Waals surface area contributed by atoms with Crippen LogP contribution in [0.1, 0.15) is 22.2 Å². The zero-order valence-corrected chi connectivity index (χ0v) is 14.6. The molecule has 3 rings (SSSR count). The van der Waals surface area contributed by atoms with E-state index in [1.54, 1.807) is 11.8 Å². The highest BCUT2D eigenvalue weighted by molar-refractivity contribution is 7.98. The summed E-state index contributed by atoms with van der Waals surface area (Å²) in [7, 11) is 0. The maximum absolute atomic E-state index is 11.5. The number of hydrogen-bond acceptors (Lipinski definition) is 5. The fourth-order valence-electron chi connectivity index (χ4n) is 2.57. The molecule has 23 heavy (non-hydrogen) atoms. The number of thioether (sulfide) groups is 1. The summed E-state index contributed by atoms with van der Waals surface area (Å²) in [6, 6.07) is 10.3. The number of fused-ring (bicyclic) bond motifs is 1. The summed E-state index contributed by atoms with van der Waals surface area (Å²) in [5.74, 6) is -0.501. The molecular weight excluding hydrogens is 326 g/mol. The van der Waals surface area contributed by atoms with E-state index in [1.165, 1.54) is 16.2 Å². The van der Waals surface area contributed by atoms with E-state index >= 15 is 0 Å². The number of nitrogens with two attached hydrogens (primary N) is 2. The SMILES string of the molecule is CCc1cc(-c2ccc(SC)cc2)nc2sc(C(N)=O)c(N)c12. The molecule has 0 fully saturated rings. The summed E-state index contributed by atoms with van der Waals surface area (Å²) >= 11 is 2.97. The van der Waals surface area contributed by atoms with Crippen molar-refractivity contribution in [2.45, 2.75) is 18.2 Å². The van der Waals surface area contributed by atoms with E-state index in [9.17, 15) is 4.79 Å². The minimum Gasteiger partial charge on any atom is -0.397 e. The van der Waals surface area contributed by atoms with Gasteiger partial charge in [-0.05, 0) is 36.4 Å². The zero-order chi connectivity index (χ0) is 16.6. The van der Waals surface area contributed by atoms with Gasteiger partial charge in [-0.1, -0.05) is 19.1 Å². The summed E-state index contributed by atoms with van der Waals surface area (Å²) in [6.45, 7) is 2.07. The second-order valence-electron chi connectivity index (χ2n) is 5.14. The van der Waals surface area contributed by atoms with Gasteiger partial charge in [0.25, 0.3) is 5.91 Å². The van der Waals surface area contributed by atoms with Crippen LogP contribution in [0.3, 0.4) is 0 Å². The van der Waals surface area contributed by atoms with Crippen molar-refractivity contribution < 1.29 is 4.79 Å². The molecule has 0 radical (unpaired) electrons. The second kappa shape index (κ2) is 6.22. The molecule has 6 heteroatoms. The van der Waals surface area contributed by atoms with Gasteiger partial charge in [-0.2, -0.15) is 0 Å². The van der Waals surface area contributed by atoms with Crippen LogP contribution in [0, 0.1) is 0 Å². The number of benzene rings is 1. The van der Waals surface area contributed by atoms with Gasteiger partial charge in [-0.25, -0.2) is 4.98 Å². The molecule has 1 amide bonds. The number of nitrogen functional groups attached to an aromatic ring is 1. The van der Waals surface area contributed by atoms with E-state index in [0.717, 1.165) is 33.5 Å². The van der Waals surface area contributed by atoms with Gasteiger partial charge in [-0.15, -0.1) is 23.1 Å². The van der Waals surface area contributed by atoms with Crippen molar-refractivity contribution in [3.8, 4) is 11.3 Å². The smallest absolute Gasteiger partial charge is 0.260 e.